The molecule has 0 spiro atoms. The molecule has 0 aliphatic carbocycles. The summed E-state index contributed by atoms with van der Waals surface area (Å²) in [6, 6.07) is 12.2. The number of primary amides is 1. The molecule has 0 bridgehead atoms. The second-order valence-corrected chi connectivity index (χ2v) is 7.03. The number of carbonyl (C=O) groups excluding carboxylic acids is 1. The molecular formula is C19H18ClNO4S. The number of rotatable bonds is 7. The van der Waals surface area contributed by atoms with E-state index in [1.165, 1.54) is 11.3 Å². The van der Waals surface area contributed by atoms with E-state index in [9.17, 15) is 9.90 Å². The van der Waals surface area contributed by atoms with Crippen molar-refractivity contribution in [1.29, 1.82) is 0 Å². The average Bonchev–Trinajstić information content (AvgIpc) is 3.00. The third kappa shape index (κ3) is 3.83. The molecule has 2 aromatic carbocycles. The summed E-state index contributed by atoms with van der Waals surface area (Å²) in [6.45, 7) is 2.41. The third-order valence-electron chi connectivity index (χ3n) is 3.87. The Morgan fingerprint density at radius 2 is 2.00 bits per heavy atom. The molecule has 1 heterocycles. The van der Waals surface area contributed by atoms with Gasteiger partial charge >= 0.3 is 0 Å². The Morgan fingerprint density at radius 3 is 2.65 bits per heavy atom. The van der Waals surface area contributed by atoms with Gasteiger partial charge in [0.1, 0.15) is 12.4 Å². The minimum absolute atomic E-state index is 0.207. The highest BCUT2D eigenvalue weighted by atomic mass is 35.5. The molecule has 0 saturated carbocycles. The molecule has 0 aliphatic rings. The lowest BCUT2D eigenvalue weighted by atomic mass is 10.1. The highest BCUT2D eigenvalue weighted by Crippen LogP contribution is 2.39. The van der Waals surface area contributed by atoms with Crippen LogP contribution in [-0.4, -0.2) is 17.6 Å². The van der Waals surface area contributed by atoms with Crippen LogP contribution < -0.4 is 10.5 Å². The maximum absolute atomic E-state index is 11.1. The molecule has 7 heteroatoms. The molecule has 0 fully saturated rings. The van der Waals surface area contributed by atoms with E-state index < -0.39 is 12.2 Å². The molecule has 136 valence electrons. The quantitative estimate of drug-likeness (QED) is 0.589. The van der Waals surface area contributed by atoms with Crippen molar-refractivity contribution in [2.75, 3.05) is 6.61 Å². The van der Waals surface area contributed by atoms with E-state index in [1.807, 2.05) is 19.1 Å². The molecule has 26 heavy (non-hydrogen) atoms. The van der Waals surface area contributed by atoms with Gasteiger partial charge in [0.25, 0.3) is 0 Å². The molecule has 3 N–H and O–H groups in total. The fourth-order valence-corrected chi connectivity index (χ4v) is 4.15. The molecule has 0 aliphatic heterocycles. The Labute approximate surface area is 159 Å². The van der Waals surface area contributed by atoms with Crippen molar-refractivity contribution in [3.63, 3.8) is 0 Å². The number of hydrogen-bond acceptors (Lipinski definition) is 5. The molecule has 1 amide bonds. The first-order chi connectivity index (χ1) is 12.5. The first-order valence-corrected chi connectivity index (χ1v) is 9.22. The van der Waals surface area contributed by atoms with Crippen LogP contribution in [0.4, 0.5) is 0 Å². The second-order valence-electron chi connectivity index (χ2n) is 5.54. The van der Waals surface area contributed by atoms with E-state index in [-0.39, 0.29) is 6.61 Å². The molecule has 0 radical (unpaired) electrons. The van der Waals surface area contributed by atoms with Crippen LogP contribution in [0.25, 0.3) is 10.1 Å². The van der Waals surface area contributed by atoms with Gasteiger partial charge in [0.05, 0.1) is 4.88 Å². The molecular weight excluding hydrogens is 374 g/mol. The van der Waals surface area contributed by atoms with Crippen LogP contribution in [0.2, 0.25) is 5.02 Å². The summed E-state index contributed by atoms with van der Waals surface area (Å²) in [5, 5.41) is 11.8. The molecule has 3 rings (SSSR count). The predicted octanol–water partition coefficient (Wildman–Crippen LogP) is 4.26. The molecule has 1 atom stereocenters. The van der Waals surface area contributed by atoms with Gasteiger partial charge in [-0.05, 0) is 43.3 Å². The minimum Gasteiger partial charge on any atom is -0.489 e. The normalized spacial score (nSPS) is 12.3. The van der Waals surface area contributed by atoms with Gasteiger partial charge in [-0.1, -0.05) is 17.7 Å². The summed E-state index contributed by atoms with van der Waals surface area (Å²) in [7, 11) is 0. The fraction of sp³-hybridized carbons (Fsp3) is 0.211. The first kappa shape index (κ1) is 18.7. The largest absolute Gasteiger partial charge is 0.489 e. The number of hydrogen-bond donors (Lipinski definition) is 2. The van der Waals surface area contributed by atoms with Gasteiger partial charge in [-0.3, -0.25) is 4.79 Å². The zero-order valence-corrected chi connectivity index (χ0v) is 15.6. The van der Waals surface area contributed by atoms with Crippen LogP contribution in [0.5, 0.6) is 5.75 Å². The van der Waals surface area contributed by atoms with Crippen molar-refractivity contribution < 1.29 is 19.4 Å². The van der Waals surface area contributed by atoms with Crippen molar-refractivity contribution in [2.45, 2.75) is 19.8 Å². The Morgan fingerprint density at radius 1 is 1.27 bits per heavy atom. The predicted molar refractivity (Wildman–Crippen MR) is 103 cm³/mol. The maximum atomic E-state index is 11.1. The van der Waals surface area contributed by atoms with Gasteiger partial charge in [0.2, 0.25) is 5.91 Å². The number of benzene rings is 2. The van der Waals surface area contributed by atoms with Crippen LogP contribution in [0, 0.1) is 0 Å². The summed E-state index contributed by atoms with van der Waals surface area (Å²) in [5.74, 6) is 0.0903. The second kappa shape index (κ2) is 8.05. The van der Waals surface area contributed by atoms with Crippen molar-refractivity contribution >= 4 is 38.9 Å². The number of thiophene rings is 1. The van der Waals surface area contributed by atoms with Crippen LogP contribution in [0.3, 0.4) is 0 Å². The van der Waals surface area contributed by atoms with E-state index >= 15 is 0 Å². The standard InChI is InChI=1S/C19H18ClNO4S/c1-2-24-19(23)17-13(16-14(20)4-3-5-15(16)26-17)10-25-12-8-6-11(7-9-12)18(21)22/h3-9,19,23H,2,10H2,1H3,(H2,21,22). The van der Waals surface area contributed by atoms with Crippen LogP contribution in [0.15, 0.2) is 42.5 Å². The molecule has 5 nitrogen and oxygen atoms in total. The minimum atomic E-state index is -1.04. The molecule has 1 aromatic heterocycles. The Bertz CT molecular complexity index is 923. The Kier molecular flexibility index (Phi) is 5.78. The van der Waals surface area contributed by atoms with Crippen LogP contribution >= 0.6 is 22.9 Å². The summed E-state index contributed by atoms with van der Waals surface area (Å²) in [5.41, 5.74) is 6.44. The smallest absolute Gasteiger partial charge is 0.248 e. The number of nitrogens with two attached hydrogens (primary N) is 1. The fourth-order valence-electron chi connectivity index (χ4n) is 2.63. The first-order valence-electron chi connectivity index (χ1n) is 8.03. The lowest BCUT2D eigenvalue weighted by molar-refractivity contribution is -0.0962. The van der Waals surface area contributed by atoms with Gasteiger partial charge in [0.15, 0.2) is 6.29 Å². The van der Waals surface area contributed by atoms with Crippen molar-refractivity contribution in [1.82, 2.24) is 0 Å². The summed E-state index contributed by atoms with van der Waals surface area (Å²) in [6.07, 6.45) is -1.04. The van der Waals surface area contributed by atoms with Gasteiger partial charge < -0.3 is 20.3 Å². The average molecular weight is 392 g/mol. The molecule has 3 aromatic rings. The van der Waals surface area contributed by atoms with E-state index in [4.69, 9.17) is 26.8 Å². The number of ether oxygens (including phenoxy) is 2. The van der Waals surface area contributed by atoms with Crippen molar-refractivity contribution in [3.8, 4) is 5.75 Å². The summed E-state index contributed by atoms with van der Waals surface area (Å²) >= 11 is 7.80. The van der Waals surface area contributed by atoms with E-state index in [1.54, 1.807) is 30.3 Å². The third-order valence-corrected chi connectivity index (χ3v) is 5.41. The number of carbonyl (C=O) groups is 1. The number of fused-ring (bicyclic) bond motifs is 1. The van der Waals surface area contributed by atoms with E-state index in [2.05, 4.69) is 0 Å². The number of halogens is 1. The SMILES string of the molecule is CCOC(O)c1sc2cccc(Cl)c2c1COc1ccc(C(N)=O)cc1. The van der Waals surface area contributed by atoms with E-state index in [0.717, 1.165) is 15.6 Å². The summed E-state index contributed by atoms with van der Waals surface area (Å²) in [4.78, 5) is 11.8. The van der Waals surface area contributed by atoms with Crippen LogP contribution in [0.1, 0.15) is 34.0 Å². The highest BCUT2D eigenvalue weighted by Gasteiger charge is 2.21. The Hall–Kier alpha value is -2.12. The highest BCUT2D eigenvalue weighted by molar-refractivity contribution is 7.19. The maximum Gasteiger partial charge on any atom is 0.248 e. The van der Waals surface area contributed by atoms with Crippen LogP contribution in [-0.2, 0) is 11.3 Å². The van der Waals surface area contributed by atoms with Crippen molar-refractivity contribution in [2.24, 2.45) is 5.73 Å². The Balaban J connectivity index is 1.92. The number of aliphatic hydroxyl groups is 1. The monoisotopic (exact) mass is 391 g/mol. The van der Waals surface area contributed by atoms with E-state index in [0.29, 0.717) is 27.8 Å². The van der Waals surface area contributed by atoms with Gasteiger partial charge in [-0.15, -0.1) is 11.3 Å². The molecule has 1 unspecified atom stereocenters. The lowest BCUT2D eigenvalue weighted by Gasteiger charge is -2.13. The lowest BCUT2D eigenvalue weighted by Crippen LogP contribution is -2.10. The summed E-state index contributed by atoms with van der Waals surface area (Å²) < 4.78 is 12.1. The van der Waals surface area contributed by atoms with Gasteiger partial charge in [-0.2, -0.15) is 0 Å². The van der Waals surface area contributed by atoms with Gasteiger partial charge in [-0.25, -0.2) is 0 Å². The number of amides is 1. The zero-order valence-electron chi connectivity index (χ0n) is 14.1. The number of aliphatic hydroxyl groups excluding tert-OH is 1. The topological polar surface area (TPSA) is 81.8 Å². The zero-order chi connectivity index (χ0) is 18.7. The van der Waals surface area contributed by atoms with Gasteiger partial charge in [0, 0.05) is 32.8 Å². The van der Waals surface area contributed by atoms with Crippen molar-refractivity contribution in [3.05, 3.63) is 63.5 Å². The molecule has 0 saturated heterocycles.